The van der Waals surface area contributed by atoms with E-state index < -0.39 is 0 Å². The van der Waals surface area contributed by atoms with Gasteiger partial charge in [0, 0.05) is 44.3 Å². The first-order chi connectivity index (χ1) is 15.3. The Balaban J connectivity index is 1.43. The third kappa shape index (κ3) is 4.12. The van der Waals surface area contributed by atoms with Crippen LogP contribution in [-0.4, -0.2) is 50.9 Å². The van der Waals surface area contributed by atoms with Crippen molar-refractivity contribution in [3.8, 4) is 11.3 Å². The van der Waals surface area contributed by atoms with E-state index in [0.717, 1.165) is 54.3 Å². The van der Waals surface area contributed by atoms with Gasteiger partial charge in [-0.1, -0.05) is 30.3 Å². The van der Waals surface area contributed by atoms with Gasteiger partial charge in [0.05, 0.1) is 5.69 Å². The summed E-state index contributed by atoms with van der Waals surface area (Å²) < 4.78 is 13.1. The maximum absolute atomic E-state index is 5.73. The SMILES string of the molecule is CO[C@@H](c1ccccc1)c1nnc2cc(-c3ccnc(NC4CCOCC4)n3)ccn12. The number of aromatic nitrogens is 5. The van der Waals surface area contributed by atoms with Crippen LogP contribution in [0.3, 0.4) is 0 Å². The standard InChI is InChI=1S/C23H24N6O2/c1-30-21(16-5-3-2-4-6-16)22-28-27-20-15-17(8-12-29(20)22)19-7-11-24-23(26-19)25-18-9-13-31-14-10-18/h2-8,11-12,15,18,21H,9-10,13-14H2,1H3,(H,24,25,26)/t21-/m0/s1. The number of benzene rings is 1. The fourth-order valence-corrected chi connectivity index (χ4v) is 3.88. The Bertz CT molecular complexity index is 1160. The molecule has 1 aliphatic heterocycles. The van der Waals surface area contributed by atoms with Crippen molar-refractivity contribution in [1.29, 1.82) is 0 Å². The number of hydrogen-bond donors (Lipinski definition) is 1. The molecule has 0 aliphatic carbocycles. The summed E-state index contributed by atoms with van der Waals surface area (Å²) in [5.74, 6) is 1.37. The third-order valence-corrected chi connectivity index (χ3v) is 5.51. The number of methoxy groups -OCH3 is 1. The zero-order chi connectivity index (χ0) is 21.0. The molecule has 1 N–H and O–H groups in total. The molecule has 0 saturated carbocycles. The maximum Gasteiger partial charge on any atom is 0.223 e. The molecule has 0 spiro atoms. The van der Waals surface area contributed by atoms with Crippen LogP contribution in [0.4, 0.5) is 5.95 Å². The number of fused-ring (bicyclic) bond motifs is 1. The number of hydrogen-bond acceptors (Lipinski definition) is 7. The first-order valence-corrected chi connectivity index (χ1v) is 10.4. The minimum absolute atomic E-state index is 0.295. The van der Waals surface area contributed by atoms with E-state index >= 15 is 0 Å². The summed E-state index contributed by atoms with van der Waals surface area (Å²) in [6.45, 7) is 1.55. The number of rotatable bonds is 6. The predicted octanol–water partition coefficient (Wildman–Crippen LogP) is 3.51. The van der Waals surface area contributed by atoms with Gasteiger partial charge in [0.2, 0.25) is 5.95 Å². The zero-order valence-electron chi connectivity index (χ0n) is 17.3. The van der Waals surface area contributed by atoms with Crippen molar-refractivity contribution in [3.05, 3.63) is 72.3 Å². The van der Waals surface area contributed by atoms with Gasteiger partial charge >= 0.3 is 0 Å². The van der Waals surface area contributed by atoms with E-state index in [0.29, 0.717) is 12.0 Å². The van der Waals surface area contributed by atoms with Gasteiger partial charge in [-0.25, -0.2) is 9.97 Å². The van der Waals surface area contributed by atoms with Crippen LogP contribution in [-0.2, 0) is 9.47 Å². The number of pyridine rings is 1. The maximum atomic E-state index is 5.73. The van der Waals surface area contributed by atoms with Crippen LogP contribution in [0.25, 0.3) is 16.9 Å². The Hall–Kier alpha value is -3.36. The van der Waals surface area contributed by atoms with E-state index in [2.05, 4.69) is 20.5 Å². The van der Waals surface area contributed by atoms with E-state index in [1.165, 1.54) is 0 Å². The minimum Gasteiger partial charge on any atom is -0.381 e. The second kappa shape index (κ2) is 8.79. The summed E-state index contributed by atoms with van der Waals surface area (Å²) in [7, 11) is 1.68. The van der Waals surface area contributed by atoms with Crippen LogP contribution in [0.15, 0.2) is 60.9 Å². The van der Waals surface area contributed by atoms with Gasteiger partial charge in [0.1, 0.15) is 6.10 Å². The predicted molar refractivity (Wildman–Crippen MR) is 117 cm³/mol. The largest absolute Gasteiger partial charge is 0.381 e. The van der Waals surface area contributed by atoms with Crippen LogP contribution in [0.1, 0.15) is 30.3 Å². The molecule has 1 aliphatic rings. The lowest BCUT2D eigenvalue weighted by Gasteiger charge is -2.23. The van der Waals surface area contributed by atoms with Gasteiger partial charge in [0.25, 0.3) is 0 Å². The molecule has 0 bridgehead atoms. The second-order valence-corrected chi connectivity index (χ2v) is 7.52. The summed E-state index contributed by atoms with van der Waals surface area (Å²) in [5.41, 5.74) is 3.56. The van der Waals surface area contributed by atoms with E-state index in [1.807, 2.05) is 59.1 Å². The monoisotopic (exact) mass is 416 g/mol. The lowest BCUT2D eigenvalue weighted by molar-refractivity contribution is 0.0903. The average Bonchev–Trinajstić information content (AvgIpc) is 3.24. The van der Waals surface area contributed by atoms with Crippen molar-refractivity contribution in [2.45, 2.75) is 25.0 Å². The first kappa shape index (κ1) is 19.6. The van der Waals surface area contributed by atoms with Gasteiger partial charge in [0.15, 0.2) is 11.5 Å². The molecule has 4 aromatic rings. The molecule has 1 saturated heterocycles. The summed E-state index contributed by atoms with van der Waals surface area (Å²) >= 11 is 0. The number of ether oxygens (including phenoxy) is 2. The molecule has 31 heavy (non-hydrogen) atoms. The number of nitrogens with one attached hydrogen (secondary N) is 1. The summed E-state index contributed by atoms with van der Waals surface area (Å²) in [5, 5.41) is 12.2. The lowest BCUT2D eigenvalue weighted by Crippen LogP contribution is -2.28. The molecule has 5 rings (SSSR count). The lowest BCUT2D eigenvalue weighted by atomic mass is 10.1. The van der Waals surface area contributed by atoms with Crippen LogP contribution in [0.5, 0.6) is 0 Å². The normalized spacial score (nSPS) is 15.8. The Kier molecular flexibility index (Phi) is 5.56. The summed E-state index contributed by atoms with van der Waals surface area (Å²) in [4.78, 5) is 9.08. The Morgan fingerprint density at radius 2 is 1.94 bits per heavy atom. The molecule has 0 amide bonds. The molecule has 158 valence electrons. The minimum atomic E-state index is -0.295. The molecule has 8 nitrogen and oxygen atoms in total. The van der Waals surface area contributed by atoms with Gasteiger partial charge in [-0.05, 0) is 36.6 Å². The molecule has 1 fully saturated rings. The van der Waals surface area contributed by atoms with Crippen molar-refractivity contribution in [2.24, 2.45) is 0 Å². The molecular formula is C23H24N6O2. The molecule has 8 heteroatoms. The van der Waals surface area contributed by atoms with Crippen LogP contribution < -0.4 is 5.32 Å². The van der Waals surface area contributed by atoms with Crippen LogP contribution in [0, 0.1) is 0 Å². The van der Waals surface area contributed by atoms with Crippen molar-refractivity contribution in [3.63, 3.8) is 0 Å². The average molecular weight is 416 g/mol. The van der Waals surface area contributed by atoms with Crippen molar-refractivity contribution >= 4 is 11.6 Å². The smallest absolute Gasteiger partial charge is 0.223 e. The van der Waals surface area contributed by atoms with Crippen LogP contribution >= 0.6 is 0 Å². The summed E-state index contributed by atoms with van der Waals surface area (Å²) in [6.07, 6.45) is 5.37. The highest BCUT2D eigenvalue weighted by Gasteiger charge is 2.20. The zero-order valence-corrected chi connectivity index (χ0v) is 17.3. The molecule has 1 aromatic carbocycles. The molecule has 0 radical (unpaired) electrons. The first-order valence-electron chi connectivity index (χ1n) is 10.4. The molecule has 1 atom stereocenters. The molecule has 3 aromatic heterocycles. The van der Waals surface area contributed by atoms with E-state index in [9.17, 15) is 0 Å². The molecular weight excluding hydrogens is 392 g/mol. The van der Waals surface area contributed by atoms with E-state index in [4.69, 9.17) is 14.5 Å². The molecule has 4 heterocycles. The van der Waals surface area contributed by atoms with Gasteiger partial charge in [-0.2, -0.15) is 0 Å². The Morgan fingerprint density at radius 1 is 1.10 bits per heavy atom. The fourth-order valence-electron chi connectivity index (χ4n) is 3.88. The number of anilines is 1. The molecule has 0 unspecified atom stereocenters. The second-order valence-electron chi connectivity index (χ2n) is 7.52. The third-order valence-electron chi connectivity index (χ3n) is 5.51. The fraction of sp³-hybridized carbons (Fsp3) is 0.304. The highest BCUT2D eigenvalue weighted by atomic mass is 16.5. The highest BCUT2D eigenvalue weighted by Crippen LogP contribution is 2.26. The van der Waals surface area contributed by atoms with Gasteiger partial charge < -0.3 is 14.8 Å². The Morgan fingerprint density at radius 3 is 2.74 bits per heavy atom. The van der Waals surface area contributed by atoms with Crippen molar-refractivity contribution in [1.82, 2.24) is 24.6 Å². The van der Waals surface area contributed by atoms with Crippen LogP contribution in [0.2, 0.25) is 0 Å². The van der Waals surface area contributed by atoms with Gasteiger partial charge in [-0.3, -0.25) is 4.40 Å². The highest BCUT2D eigenvalue weighted by molar-refractivity contribution is 5.64. The van der Waals surface area contributed by atoms with E-state index in [-0.39, 0.29) is 6.10 Å². The topological polar surface area (TPSA) is 86.5 Å². The number of nitrogens with zero attached hydrogens (tertiary/aromatic N) is 5. The van der Waals surface area contributed by atoms with Crippen molar-refractivity contribution < 1.29 is 9.47 Å². The summed E-state index contributed by atoms with van der Waals surface area (Å²) in [6, 6.07) is 16.3. The van der Waals surface area contributed by atoms with Crippen molar-refractivity contribution in [2.75, 3.05) is 25.6 Å². The quantitative estimate of drug-likeness (QED) is 0.515. The van der Waals surface area contributed by atoms with Gasteiger partial charge in [-0.15, -0.1) is 10.2 Å². The van der Waals surface area contributed by atoms with E-state index in [1.54, 1.807) is 13.3 Å². The Labute approximate surface area is 180 Å².